The van der Waals surface area contributed by atoms with Gasteiger partial charge >= 0.3 is 10.4 Å². The van der Waals surface area contributed by atoms with Crippen molar-refractivity contribution in [2.45, 2.75) is 0 Å². The van der Waals surface area contributed by atoms with Crippen LogP contribution in [0.5, 0.6) is 0 Å². The van der Waals surface area contributed by atoms with Crippen LogP contribution in [0.2, 0.25) is 0 Å². The molecule has 0 bridgehead atoms. The molecule has 5 heavy (non-hydrogen) atoms. The molecule has 32 valence electrons. The van der Waals surface area contributed by atoms with Gasteiger partial charge in [0.15, 0.2) is 0 Å². The molecule has 0 spiro atoms. The van der Waals surface area contributed by atoms with E-state index in [4.69, 9.17) is 14.4 Å². The van der Waals surface area contributed by atoms with Crippen molar-refractivity contribution in [3.8, 4) is 0 Å². The summed E-state index contributed by atoms with van der Waals surface area (Å²) in [5, 5.41) is 0. The summed E-state index contributed by atoms with van der Waals surface area (Å²) in [5.74, 6) is 0. The van der Waals surface area contributed by atoms with E-state index in [1.54, 1.807) is 0 Å². The molecular formula is H2O4S. The van der Waals surface area contributed by atoms with Crippen molar-refractivity contribution < 1.29 is 17.5 Å². The van der Waals surface area contributed by atoms with Crippen molar-refractivity contribution in [2.75, 3.05) is 0 Å². The topological polar surface area (TPSA) is 74.6 Å². The fraction of sp³-hybridized carbons (Fsp3) is 0. The zero-order chi connectivity index (χ0) is 5.21. The minimum atomic E-state index is -4.50. The highest BCUT2D eigenvalue weighted by Gasteiger charge is 1.84. The SMILES string of the molecule is [2H]OS(=O)(=O)O. The van der Waals surface area contributed by atoms with Crippen LogP contribution in [-0.4, -0.2) is 17.5 Å². The number of hydrogen-bond acceptors (Lipinski definition) is 3. The van der Waals surface area contributed by atoms with E-state index < -0.39 is 10.4 Å². The van der Waals surface area contributed by atoms with Crippen LogP contribution in [0.25, 0.3) is 1.43 Å². The third kappa shape index (κ3) is 801. The molecule has 0 aromatic heterocycles. The fourth-order valence-electron chi connectivity index (χ4n) is 0. The van der Waals surface area contributed by atoms with E-state index in [2.05, 4.69) is 4.56 Å². The Kier molecular flexibility index (Phi) is 0.569. The highest BCUT2D eigenvalue weighted by Crippen LogP contribution is 1.59. The molecule has 0 fully saturated rings. The van der Waals surface area contributed by atoms with E-state index in [0.717, 1.165) is 0 Å². The van der Waals surface area contributed by atoms with Crippen molar-refractivity contribution in [1.29, 1.82) is 1.43 Å². The molecule has 0 saturated carbocycles. The summed E-state index contributed by atoms with van der Waals surface area (Å²) in [5.41, 5.74) is 0. The maximum absolute atomic E-state index is 9.15. The third-order valence-electron chi connectivity index (χ3n) is 0. The van der Waals surface area contributed by atoms with Gasteiger partial charge in [0.2, 0.25) is 1.43 Å². The van der Waals surface area contributed by atoms with Gasteiger partial charge in [-0.1, -0.05) is 0 Å². The van der Waals surface area contributed by atoms with Crippen LogP contribution < -0.4 is 0 Å². The Morgan fingerprint density at radius 2 is 2.00 bits per heavy atom. The smallest absolute Gasteiger partial charge is 0.264 e. The third-order valence-corrected chi connectivity index (χ3v) is 0. The summed E-state index contributed by atoms with van der Waals surface area (Å²) in [6, 6.07) is 0. The van der Waals surface area contributed by atoms with Crippen LogP contribution in [0, 0.1) is 0 Å². The lowest BCUT2D eigenvalue weighted by Crippen LogP contribution is -1.89. The molecule has 0 aromatic rings. The first kappa shape index (κ1) is 3.08. The van der Waals surface area contributed by atoms with E-state index >= 15 is 0 Å². The summed E-state index contributed by atoms with van der Waals surface area (Å²) in [7, 11) is -4.50. The predicted molar refractivity (Wildman–Crippen MR) is 14.2 cm³/mol. The Morgan fingerprint density at radius 1 is 1.80 bits per heavy atom. The summed E-state index contributed by atoms with van der Waals surface area (Å²) >= 11 is 0. The first-order chi connectivity index (χ1) is 2.56. The second-order valence-electron chi connectivity index (χ2n) is 0.428. The number of rotatable bonds is 1. The van der Waals surface area contributed by atoms with Gasteiger partial charge in [-0.2, -0.15) is 8.42 Å². The molecule has 0 aliphatic rings. The van der Waals surface area contributed by atoms with Crippen LogP contribution >= 0.6 is 0 Å². The van der Waals surface area contributed by atoms with Crippen LogP contribution in [0.1, 0.15) is 0 Å². The molecule has 0 amide bonds. The molecule has 0 atom stereocenters. The van der Waals surface area contributed by atoms with E-state index in [9.17, 15) is 0 Å². The maximum atomic E-state index is 9.15. The summed E-state index contributed by atoms with van der Waals surface area (Å²) in [6.45, 7) is 0. The van der Waals surface area contributed by atoms with E-state index in [-0.39, 0.29) is 0 Å². The molecular weight excluding hydrogens is 96.1 g/mol. The van der Waals surface area contributed by atoms with E-state index in [1.165, 1.54) is 0 Å². The van der Waals surface area contributed by atoms with Crippen LogP contribution in [0.15, 0.2) is 0 Å². The molecule has 0 radical (unpaired) electrons. The minimum absolute atomic E-state index is 2.72. The summed E-state index contributed by atoms with van der Waals surface area (Å²) in [6.07, 6.45) is 0. The van der Waals surface area contributed by atoms with Gasteiger partial charge in [0, 0.05) is 0 Å². The van der Waals surface area contributed by atoms with Crippen molar-refractivity contribution in [2.24, 2.45) is 0 Å². The summed E-state index contributed by atoms with van der Waals surface area (Å²) < 4.78 is 33.9. The lowest BCUT2D eigenvalue weighted by molar-refractivity contribution is 0.381. The molecule has 0 rings (SSSR count). The van der Waals surface area contributed by atoms with Gasteiger partial charge in [0.05, 0.1) is 0 Å². The van der Waals surface area contributed by atoms with Crippen LogP contribution in [-0.2, 0) is 10.4 Å². The molecule has 2 N–H and O–H groups in total. The van der Waals surface area contributed by atoms with E-state index in [0.29, 0.717) is 0 Å². The van der Waals surface area contributed by atoms with Crippen LogP contribution in [0.3, 0.4) is 0 Å². The van der Waals surface area contributed by atoms with Gasteiger partial charge in [-0.3, -0.25) is 9.11 Å². The van der Waals surface area contributed by atoms with Crippen molar-refractivity contribution >= 4 is 10.4 Å². The standard InChI is InChI=1S/H2O4S/c1-5(2,3)4/h(H2,1,2,3,4)/i/hD. The molecule has 4 nitrogen and oxygen atoms in total. The second-order valence-corrected chi connectivity index (χ2v) is 1.28. The molecule has 5 heteroatoms. The molecule has 0 aliphatic heterocycles. The van der Waals surface area contributed by atoms with Crippen molar-refractivity contribution in [3.63, 3.8) is 0 Å². The van der Waals surface area contributed by atoms with Crippen LogP contribution in [0.4, 0.5) is 0 Å². The Labute approximate surface area is 30.5 Å². The minimum Gasteiger partial charge on any atom is -0.264 e. The van der Waals surface area contributed by atoms with Gasteiger partial charge in [-0.25, -0.2) is 0 Å². The molecule has 0 aliphatic carbocycles. The average Bonchev–Trinajstić information content (AvgIpc) is 1.35. The monoisotopic (exact) mass is 99.0 g/mol. The lowest BCUT2D eigenvalue weighted by Gasteiger charge is -1.68. The lowest BCUT2D eigenvalue weighted by atomic mass is 15.8. The zero-order valence-corrected chi connectivity index (χ0v) is 2.90. The Bertz CT molecular complexity index is 110. The average molecular weight is 99.1 g/mol. The first-order valence-corrected chi connectivity index (χ1v) is 2.05. The number of hydrogen-bond donors (Lipinski definition) is 2. The molecule has 0 saturated heterocycles. The van der Waals surface area contributed by atoms with Gasteiger partial charge < -0.3 is 0 Å². The highest BCUT2D eigenvalue weighted by atomic mass is 32.3. The Morgan fingerprint density at radius 3 is 2.00 bits per heavy atom. The maximum Gasteiger partial charge on any atom is 0.394 e. The highest BCUT2D eigenvalue weighted by molar-refractivity contribution is 7.79. The zero-order valence-electron chi connectivity index (χ0n) is 3.08. The van der Waals surface area contributed by atoms with Gasteiger partial charge in [-0.15, -0.1) is 0 Å². The van der Waals surface area contributed by atoms with Gasteiger partial charge in [0.25, 0.3) is 0 Å². The Balaban J connectivity index is 3.85. The first-order valence-electron chi connectivity index (χ1n) is 1.09. The quantitative estimate of drug-likeness (QED) is 0.428. The van der Waals surface area contributed by atoms with Gasteiger partial charge in [0.1, 0.15) is 0 Å². The van der Waals surface area contributed by atoms with Gasteiger partial charge in [-0.05, 0) is 0 Å². The van der Waals surface area contributed by atoms with Crippen molar-refractivity contribution in [3.05, 3.63) is 0 Å². The summed E-state index contributed by atoms with van der Waals surface area (Å²) in [4.78, 5) is 0. The van der Waals surface area contributed by atoms with Crippen molar-refractivity contribution in [1.82, 2.24) is 0 Å². The fourth-order valence-corrected chi connectivity index (χ4v) is 0. The predicted octanol–water partition coefficient (Wildman–Crippen LogP) is -0.653. The second kappa shape index (κ2) is 0.925. The molecule has 0 unspecified atom stereocenters. The largest absolute Gasteiger partial charge is 0.394 e. The van der Waals surface area contributed by atoms with E-state index in [1.807, 2.05) is 0 Å². The molecule has 0 heterocycles. The normalized spacial score (nSPS) is 14.2. The Hall–Kier alpha value is -0.130. The molecule has 0 aromatic carbocycles.